The molecule has 6 nitrogen and oxygen atoms in total. The van der Waals surface area contributed by atoms with Gasteiger partial charge in [-0.1, -0.05) is 17.7 Å². The first-order chi connectivity index (χ1) is 10.8. The van der Waals surface area contributed by atoms with Gasteiger partial charge in [0.15, 0.2) is 5.76 Å². The lowest BCUT2D eigenvalue weighted by molar-refractivity contribution is 0.462. The van der Waals surface area contributed by atoms with Crippen molar-refractivity contribution in [3.8, 4) is 11.5 Å². The van der Waals surface area contributed by atoms with Gasteiger partial charge in [-0.15, -0.1) is 0 Å². The minimum absolute atomic E-state index is 0.204. The first kappa shape index (κ1) is 15.6. The summed E-state index contributed by atoms with van der Waals surface area (Å²) in [6, 6.07) is 9.75. The Labute approximate surface area is 138 Å². The molecule has 0 spiro atoms. The average molecular weight is 352 g/mol. The lowest BCUT2D eigenvalue weighted by Crippen LogP contribution is -2.12. The van der Waals surface area contributed by atoms with Crippen molar-refractivity contribution in [1.82, 2.24) is 10.2 Å². The minimum atomic E-state index is -3.87. The predicted octanol–water partition coefficient (Wildman–Crippen LogP) is 3.74. The van der Waals surface area contributed by atoms with Gasteiger partial charge in [-0.25, -0.2) is 0 Å². The first-order valence-corrected chi connectivity index (χ1v) is 8.62. The summed E-state index contributed by atoms with van der Waals surface area (Å²) >= 11 is 6.06. The van der Waals surface area contributed by atoms with Gasteiger partial charge in [0.1, 0.15) is 5.69 Å². The Bertz CT molecular complexity index is 960. The fourth-order valence-electron chi connectivity index (χ4n) is 2.04. The highest BCUT2D eigenvalue weighted by atomic mass is 35.5. The Morgan fingerprint density at radius 2 is 1.96 bits per heavy atom. The predicted molar refractivity (Wildman–Crippen MR) is 88.0 cm³/mol. The largest absolute Gasteiger partial charge is 0.441 e. The number of rotatable bonds is 4. The summed E-state index contributed by atoms with van der Waals surface area (Å²) in [4.78, 5) is 0. The second-order valence-corrected chi connectivity index (χ2v) is 7.16. The van der Waals surface area contributed by atoms with Crippen LogP contribution >= 0.6 is 11.6 Å². The van der Waals surface area contributed by atoms with Crippen LogP contribution in [0.2, 0.25) is 5.02 Å². The number of furan rings is 1. The van der Waals surface area contributed by atoms with E-state index in [-0.39, 0.29) is 5.09 Å². The monoisotopic (exact) mass is 351 g/mol. The number of hydrogen-bond donors (Lipinski definition) is 2. The molecule has 0 aliphatic carbocycles. The van der Waals surface area contributed by atoms with E-state index in [1.165, 1.54) is 6.07 Å². The van der Waals surface area contributed by atoms with Crippen molar-refractivity contribution in [2.75, 3.05) is 4.72 Å². The van der Waals surface area contributed by atoms with Crippen LogP contribution in [0.5, 0.6) is 0 Å². The summed E-state index contributed by atoms with van der Waals surface area (Å²) in [5.74, 6) is 0.365. The molecule has 0 unspecified atom stereocenters. The zero-order valence-electron chi connectivity index (χ0n) is 12.4. The summed E-state index contributed by atoms with van der Waals surface area (Å²) in [5.41, 5.74) is 2.63. The van der Waals surface area contributed by atoms with E-state index in [4.69, 9.17) is 16.0 Å². The number of benzene rings is 1. The van der Waals surface area contributed by atoms with Crippen LogP contribution in [0, 0.1) is 13.8 Å². The second-order valence-electron chi connectivity index (χ2n) is 5.14. The first-order valence-electron chi connectivity index (χ1n) is 6.76. The van der Waals surface area contributed by atoms with Gasteiger partial charge < -0.3 is 4.42 Å². The topological polar surface area (TPSA) is 88.0 Å². The van der Waals surface area contributed by atoms with Crippen LogP contribution in [0.25, 0.3) is 11.5 Å². The Morgan fingerprint density at radius 3 is 2.61 bits per heavy atom. The molecule has 3 rings (SSSR count). The van der Waals surface area contributed by atoms with Gasteiger partial charge in [0.05, 0.1) is 10.7 Å². The number of aromatic nitrogens is 2. The molecule has 0 amide bonds. The molecule has 2 aromatic heterocycles. The quantitative estimate of drug-likeness (QED) is 0.749. The molecule has 0 saturated heterocycles. The third-order valence-electron chi connectivity index (χ3n) is 3.17. The Morgan fingerprint density at radius 1 is 1.17 bits per heavy atom. The van der Waals surface area contributed by atoms with Crippen molar-refractivity contribution >= 4 is 27.3 Å². The average Bonchev–Trinajstić information content (AvgIpc) is 3.10. The summed E-state index contributed by atoms with van der Waals surface area (Å²) in [7, 11) is -3.87. The van der Waals surface area contributed by atoms with Gasteiger partial charge in [0, 0.05) is 5.69 Å². The third-order valence-corrected chi connectivity index (χ3v) is 4.72. The zero-order chi connectivity index (χ0) is 16.6. The molecule has 1 aromatic carbocycles. The van der Waals surface area contributed by atoms with E-state index in [1.54, 1.807) is 30.3 Å². The van der Waals surface area contributed by atoms with Crippen molar-refractivity contribution < 1.29 is 12.8 Å². The normalized spacial score (nSPS) is 11.6. The number of aryl methyl sites for hydroxylation is 2. The van der Waals surface area contributed by atoms with Crippen LogP contribution in [0.3, 0.4) is 0 Å². The number of H-pyrrole nitrogens is 1. The Kier molecular flexibility index (Phi) is 3.91. The standard InChI is InChI=1S/C15H14ClN3O3S/c1-9-3-4-12(11(16)7-9)19-23(20,21)15-6-5-14(22-15)13-8-10(2)17-18-13/h3-8,19H,1-2H3,(H,17,18). The number of nitrogens with zero attached hydrogens (tertiary/aromatic N) is 1. The van der Waals surface area contributed by atoms with E-state index in [0.29, 0.717) is 22.2 Å². The van der Waals surface area contributed by atoms with Gasteiger partial charge in [-0.05, 0) is 49.7 Å². The molecule has 0 aliphatic rings. The van der Waals surface area contributed by atoms with E-state index in [0.717, 1.165) is 11.3 Å². The van der Waals surface area contributed by atoms with Crippen LogP contribution in [0.15, 0.2) is 45.9 Å². The summed E-state index contributed by atoms with van der Waals surface area (Å²) < 4.78 is 32.6. The molecule has 0 saturated carbocycles. The van der Waals surface area contributed by atoms with E-state index in [9.17, 15) is 8.42 Å². The smallest absolute Gasteiger partial charge is 0.295 e. The Balaban J connectivity index is 1.89. The van der Waals surface area contributed by atoms with Crippen molar-refractivity contribution in [1.29, 1.82) is 0 Å². The molecule has 2 heterocycles. The highest BCUT2D eigenvalue weighted by Crippen LogP contribution is 2.28. The maximum Gasteiger partial charge on any atom is 0.295 e. The molecular formula is C15H14ClN3O3S. The highest BCUT2D eigenvalue weighted by Gasteiger charge is 2.21. The highest BCUT2D eigenvalue weighted by molar-refractivity contribution is 7.92. The summed E-state index contributed by atoms with van der Waals surface area (Å²) in [6.07, 6.45) is 0. The molecule has 0 radical (unpaired) electrons. The van der Waals surface area contributed by atoms with E-state index >= 15 is 0 Å². The van der Waals surface area contributed by atoms with Crippen LogP contribution in [-0.4, -0.2) is 18.6 Å². The van der Waals surface area contributed by atoms with Crippen LogP contribution < -0.4 is 4.72 Å². The van der Waals surface area contributed by atoms with Crippen molar-refractivity contribution in [2.45, 2.75) is 18.9 Å². The Hall–Kier alpha value is -2.25. The molecule has 120 valence electrons. The number of hydrogen-bond acceptors (Lipinski definition) is 4. The lowest BCUT2D eigenvalue weighted by atomic mass is 10.2. The van der Waals surface area contributed by atoms with E-state index in [2.05, 4.69) is 14.9 Å². The summed E-state index contributed by atoms with van der Waals surface area (Å²) in [5, 5.41) is 6.93. The zero-order valence-corrected chi connectivity index (χ0v) is 14.0. The van der Waals surface area contributed by atoms with Crippen molar-refractivity contribution in [3.05, 3.63) is 52.7 Å². The molecule has 3 aromatic rings. The van der Waals surface area contributed by atoms with Gasteiger partial charge in [0.2, 0.25) is 5.09 Å². The van der Waals surface area contributed by atoms with Gasteiger partial charge in [-0.2, -0.15) is 13.5 Å². The van der Waals surface area contributed by atoms with Gasteiger partial charge >= 0.3 is 0 Å². The number of halogens is 1. The maximum absolute atomic E-state index is 12.4. The van der Waals surface area contributed by atoms with E-state index in [1.807, 2.05) is 13.8 Å². The number of anilines is 1. The molecule has 0 fully saturated rings. The molecule has 0 bridgehead atoms. The maximum atomic E-state index is 12.4. The molecule has 0 atom stereocenters. The third kappa shape index (κ3) is 3.25. The number of nitrogens with one attached hydrogen (secondary N) is 2. The second kappa shape index (κ2) is 5.75. The van der Waals surface area contributed by atoms with Gasteiger partial charge in [-0.3, -0.25) is 9.82 Å². The molecule has 2 N–H and O–H groups in total. The van der Waals surface area contributed by atoms with Crippen molar-refractivity contribution in [2.24, 2.45) is 0 Å². The number of aromatic amines is 1. The van der Waals surface area contributed by atoms with Crippen molar-refractivity contribution in [3.63, 3.8) is 0 Å². The fraction of sp³-hybridized carbons (Fsp3) is 0.133. The molecule has 23 heavy (non-hydrogen) atoms. The lowest BCUT2D eigenvalue weighted by Gasteiger charge is -2.08. The van der Waals surface area contributed by atoms with Gasteiger partial charge in [0.25, 0.3) is 10.0 Å². The molecule has 0 aliphatic heterocycles. The number of sulfonamides is 1. The fourth-order valence-corrected chi connectivity index (χ4v) is 3.40. The van der Waals surface area contributed by atoms with Crippen LogP contribution in [0.1, 0.15) is 11.3 Å². The minimum Gasteiger partial charge on any atom is -0.441 e. The SMILES string of the molecule is Cc1ccc(NS(=O)(=O)c2ccc(-c3cc(C)[nH]n3)o2)c(Cl)c1. The molecular weight excluding hydrogens is 338 g/mol. The molecule has 8 heteroatoms. The van der Waals surface area contributed by atoms with Crippen LogP contribution in [0.4, 0.5) is 5.69 Å². The van der Waals surface area contributed by atoms with Crippen LogP contribution in [-0.2, 0) is 10.0 Å². The summed E-state index contributed by atoms with van der Waals surface area (Å²) in [6.45, 7) is 3.72. The van der Waals surface area contributed by atoms with E-state index < -0.39 is 10.0 Å².